The molecule has 11 rings (SSSR count). The van der Waals surface area contributed by atoms with E-state index in [1.54, 1.807) is 0 Å². The molecule has 1 aliphatic heterocycles. The van der Waals surface area contributed by atoms with Gasteiger partial charge in [-0.3, -0.25) is 5.32 Å². The smallest absolute Gasteiger partial charge is 0.136 e. The molecule has 0 aliphatic carbocycles. The highest BCUT2D eigenvalue weighted by Gasteiger charge is 2.31. The summed E-state index contributed by atoms with van der Waals surface area (Å²) in [6.07, 6.45) is -0.707. The van der Waals surface area contributed by atoms with Crippen molar-refractivity contribution in [1.29, 1.82) is 0 Å². The Balaban J connectivity index is 1.14. The minimum absolute atomic E-state index is 0.351. The molecule has 0 saturated carbocycles. The van der Waals surface area contributed by atoms with Crippen LogP contribution in [0.15, 0.2) is 190 Å². The molecule has 256 valence electrons. The van der Waals surface area contributed by atoms with Gasteiger partial charge in [0.1, 0.15) is 40.5 Å². The van der Waals surface area contributed by atoms with Crippen molar-refractivity contribution in [2.45, 2.75) is 12.3 Å². The maximum absolute atomic E-state index is 6.52. The molecule has 10 aromatic rings. The molecule has 2 atom stereocenters. The predicted molar refractivity (Wildman–Crippen MR) is 221 cm³/mol. The Kier molecular flexibility index (Phi) is 7.00. The maximum atomic E-state index is 6.52. The molecule has 0 amide bonds. The number of benzene rings is 8. The van der Waals surface area contributed by atoms with Crippen molar-refractivity contribution < 1.29 is 8.83 Å². The van der Waals surface area contributed by atoms with E-state index in [2.05, 4.69) is 156 Å². The first kappa shape index (κ1) is 30.7. The van der Waals surface area contributed by atoms with Crippen LogP contribution in [-0.2, 0) is 0 Å². The summed E-state index contributed by atoms with van der Waals surface area (Å²) < 4.78 is 12.9. The van der Waals surface area contributed by atoms with Crippen LogP contribution in [-0.4, -0.2) is 5.84 Å². The molecule has 0 bridgehead atoms. The number of hydrogen-bond donors (Lipinski definition) is 2. The number of aliphatic imine (C=N–C) groups is 1. The normalized spacial score (nSPS) is 16.0. The minimum atomic E-state index is -0.356. The number of furan rings is 2. The Morgan fingerprint density at radius 2 is 1.07 bits per heavy atom. The fraction of sp³-hybridized carbons (Fsp3) is 0.0408. The number of hydrogen-bond acceptors (Lipinski definition) is 5. The summed E-state index contributed by atoms with van der Waals surface area (Å²) in [6, 6.07) is 61.6. The molecule has 0 spiro atoms. The SMILES string of the molecule is c1ccc(-c2ccc(-c3ccc4oc5ccccc5c4c3C3NC(c4cccc5oc6ccccc6c45)=NC(c4ccc5ccccc5c4)N3)cc2)cc1. The maximum Gasteiger partial charge on any atom is 0.136 e. The van der Waals surface area contributed by atoms with E-state index in [1.807, 2.05) is 30.3 Å². The highest BCUT2D eigenvalue weighted by Crippen LogP contribution is 2.42. The molecule has 5 heteroatoms. The lowest BCUT2D eigenvalue weighted by Crippen LogP contribution is -2.45. The number of para-hydroxylation sites is 2. The van der Waals surface area contributed by atoms with Crippen LogP contribution in [0.25, 0.3) is 76.9 Å². The first-order chi connectivity index (χ1) is 26.7. The van der Waals surface area contributed by atoms with E-state index in [4.69, 9.17) is 13.8 Å². The Morgan fingerprint density at radius 1 is 0.444 bits per heavy atom. The van der Waals surface area contributed by atoms with Crippen LogP contribution in [0.5, 0.6) is 0 Å². The second-order valence-corrected chi connectivity index (χ2v) is 13.9. The first-order valence-electron chi connectivity index (χ1n) is 18.3. The van der Waals surface area contributed by atoms with Crippen LogP contribution in [0, 0.1) is 0 Å². The van der Waals surface area contributed by atoms with Gasteiger partial charge in [0.2, 0.25) is 0 Å². The van der Waals surface area contributed by atoms with Gasteiger partial charge >= 0.3 is 0 Å². The van der Waals surface area contributed by atoms with E-state index < -0.39 is 0 Å². The van der Waals surface area contributed by atoms with Gasteiger partial charge in [-0.05, 0) is 68.9 Å². The van der Waals surface area contributed by atoms with E-state index in [1.165, 1.54) is 21.9 Å². The van der Waals surface area contributed by atoms with Gasteiger partial charge in [0.15, 0.2) is 0 Å². The Labute approximate surface area is 311 Å². The third-order valence-corrected chi connectivity index (χ3v) is 10.8. The molecule has 2 unspecified atom stereocenters. The molecule has 0 radical (unpaired) electrons. The lowest BCUT2D eigenvalue weighted by atomic mass is 9.91. The molecule has 0 saturated heterocycles. The molecular formula is C49H33N3O2. The summed E-state index contributed by atoms with van der Waals surface area (Å²) in [5.41, 5.74) is 11.2. The van der Waals surface area contributed by atoms with E-state index in [9.17, 15) is 0 Å². The monoisotopic (exact) mass is 695 g/mol. The number of fused-ring (bicyclic) bond motifs is 7. The summed E-state index contributed by atoms with van der Waals surface area (Å²) in [5.74, 6) is 0.796. The summed E-state index contributed by atoms with van der Waals surface area (Å²) >= 11 is 0. The Bertz CT molecular complexity index is 3070. The van der Waals surface area contributed by atoms with Crippen molar-refractivity contribution in [3.63, 3.8) is 0 Å². The van der Waals surface area contributed by atoms with E-state index >= 15 is 0 Å². The molecule has 0 fully saturated rings. The van der Waals surface area contributed by atoms with Gasteiger partial charge in [-0.2, -0.15) is 0 Å². The number of rotatable bonds is 5. The number of nitrogens with one attached hydrogen (secondary N) is 2. The summed E-state index contributed by atoms with van der Waals surface area (Å²) in [4.78, 5) is 5.45. The zero-order chi connectivity index (χ0) is 35.6. The van der Waals surface area contributed by atoms with Crippen LogP contribution in [0.3, 0.4) is 0 Å². The highest BCUT2D eigenvalue weighted by molar-refractivity contribution is 6.18. The first-order valence-corrected chi connectivity index (χ1v) is 18.3. The molecule has 2 N–H and O–H groups in total. The standard InChI is InChI=1S/C49H33N3O2/c1-2-11-30(12-3-1)32-21-24-33(25-22-32)36-27-28-43-45(38-16-7-9-19-41(38)54-43)46(36)49-51-47(35-26-23-31-13-4-5-14-34(31)29-35)50-48(52-49)39-17-10-20-42-44(39)37-15-6-8-18-40(37)53-42/h1-29,47,49,51H,(H,50,52). The lowest BCUT2D eigenvalue weighted by Gasteiger charge is -2.34. The second-order valence-electron chi connectivity index (χ2n) is 13.9. The number of nitrogens with zero attached hydrogens (tertiary/aromatic N) is 1. The Morgan fingerprint density at radius 3 is 1.87 bits per heavy atom. The topological polar surface area (TPSA) is 62.7 Å². The van der Waals surface area contributed by atoms with Gasteiger partial charge in [0.25, 0.3) is 0 Å². The van der Waals surface area contributed by atoms with Crippen molar-refractivity contribution >= 4 is 60.5 Å². The van der Waals surface area contributed by atoms with Gasteiger partial charge in [-0.25, -0.2) is 4.99 Å². The molecular weight excluding hydrogens is 663 g/mol. The van der Waals surface area contributed by atoms with Crippen molar-refractivity contribution in [3.8, 4) is 22.3 Å². The van der Waals surface area contributed by atoms with Crippen molar-refractivity contribution in [1.82, 2.24) is 10.6 Å². The molecule has 8 aromatic carbocycles. The predicted octanol–water partition coefficient (Wildman–Crippen LogP) is 12.3. The van der Waals surface area contributed by atoms with Crippen LogP contribution in [0.4, 0.5) is 0 Å². The molecule has 54 heavy (non-hydrogen) atoms. The molecule has 2 aromatic heterocycles. The third-order valence-electron chi connectivity index (χ3n) is 10.8. The van der Waals surface area contributed by atoms with Crippen LogP contribution in [0.1, 0.15) is 29.0 Å². The van der Waals surface area contributed by atoms with Crippen molar-refractivity contribution in [2.75, 3.05) is 0 Å². The third kappa shape index (κ3) is 5.01. The summed E-state index contributed by atoms with van der Waals surface area (Å²) in [7, 11) is 0. The zero-order valence-corrected chi connectivity index (χ0v) is 29.2. The van der Waals surface area contributed by atoms with E-state index in [0.29, 0.717) is 0 Å². The van der Waals surface area contributed by atoms with Gasteiger partial charge < -0.3 is 14.2 Å². The highest BCUT2D eigenvalue weighted by atomic mass is 16.3. The fourth-order valence-corrected chi connectivity index (χ4v) is 8.23. The van der Waals surface area contributed by atoms with Crippen LogP contribution >= 0.6 is 0 Å². The molecule has 5 nitrogen and oxygen atoms in total. The van der Waals surface area contributed by atoms with Gasteiger partial charge in [0, 0.05) is 32.7 Å². The van der Waals surface area contributed by atoms with Crippen LogP contribution in [0.2, 0.25) is 0 Å². The lowest BCUT2D eigenvalue weighted by molar-refractivity contribution is 0.412. The largest absolute Gasteiger partial charge is 0.456 e. The average Bonchev–Trinajstić information content (AvgIpc) is 3.82. The van der Waals surface area contributed by atoms with Crippen LogP contribution < -0.4 is 10.6 Å². The van der Waals surface area contributed by atoms with Gasteiger partial charge in [0.05, 0.1) is 0 Å². The fourth-order valence-electron chi connectivity index (χ4n) is 8.23. The quantitative estimate of drug-likeness (QED) is 0.188. The summed E-state index contributed by atoms with van der Waals surface area (Å²) in [6.45, 7) is 0. The van der Waals surface area contributed by atoms with Gasteiger partial charge in [-0.1, -0.05) is 146 Å². The van der Waals surface area contributed by atoms with Crippen molar-refractivity contribution in [3.05, 3.63) is 193 Å². The Hall–Kier alpha value is -6.95. The van der Waals surface area contributed by atoms with Crippen molar-refractivity contribution in [2.24, 2.45) is 4.99 Å². The zero-order valence-electron chi connectivity index (χ0n) is 29.2. The second kappa shape index (κ2) is 12.3. The molecule has 3 heterocycles. The van der Waals surface area contributed by atoms with E-state index in [0.717, 1.165) is 77.5 Å². The van der Waals surface area contributed by atoms with Gasteiger partial charge in [-0.15, -0.1) is 0 Å². The minimum Gasteiger partial charge on any atom is -0.456 e. The average molecular weight is 696 g/mol. The molecule has 1 aliphatic rings. The van der Waals surface area contributed by atoms with E-state index in [-0.39, 0.29) is 12.3 Å². The summed E-state index contributed by atoms with van der Waals surface area (Å²) in [5, 5.41) is 14.5. The number of amidine groups is 1.